The fraction of sp³-hybridized carbons (Fsp3) is 0.188. The Morgan fingerprint density at radius 3 is 3.15 bits per heavy atom. The molecule has 4 rings (SSSR count). The van der Waals surface area contributed by atoms with Gasteiger partial charge in [0.1, 0.15) is 22.6 Å². The van der Waals surface area contributed by atoms with Crippen LogP contribution in [0.25, 0.3) is 11.2 Å². The summed E-state index contributed by atoms with van der Waals surface area (Å²) in [6, 6.07) is 5.40. The summed E-state index contributed by atoms with van der Waals surface area (Å²) >= 11 is 1.31. The number of ether oxygens (including phenoxy) is 1. The number of aromatic amines is 1. The van der Waals surface area contributed by atoms with Crippen LogP contribution in [0, 0.1) is 0 Å². The minimum absolute atomic E-state index is 0.000453. The van der Waals surface area contributed by atoms with Gasteiger partial charge in [-0.15, -0.1) is 0 Å². The number of nitrogens with one attached hydrogen (secondary N) is 3. The SMILES string of the molecule is O=C(CSc1ncnc2nc[nH]c12)NCc1ccc2c(c1)OCC(=O)N2. The molecule has 1 aliphatic rings. The molecule has 132 valence electrons. The highest BCUT2D eigenvalue weighted by Gasteiger charge is 2.16. The Hall–Kier alpha value is -3.14. The molecule has 2 aromatic heterocycles. The van der Waals surface area contributed by atoms with E-state index >= 15 is 0 Å². The van der Waals surface area contributed by atoms with Gasteiger partial charge in [-0.1, -0.05) is 17.8 Å². The second-order valence-corrected chi connectivity index (χ2v) is 6.48. The summed E-state index contributed by atoms with van der Waals surface area (Å²) in [6.45, 7) is 0.369. The third-order valence-corrected chi connectivity index (χ3v) is 4.69. The van der Waals surface area contributed by atoms with Crippen LogP contribution < -0.4 is 15.4 Å². The maximum absolute atomic E-state index is 12.1. The predicted molar refractivity (Wildman–Crippen MR) is 94.8 cm³/mol. The van der Waals surface area contributed by atoms with E-state index in [1.807, 2.05) is 6.07 Å². The molecule has 1 aliphatic heterocycles. The first-order valence-electron chi connectivity index (χ1n) is 7.78. The lowest BCUT2D eigenvalue weighted by molar-refractivity contribution is -0.119. The monoisotopic (exact) mass is 370 g/mol. The maximum atomic E-state index is 12.1. The van der Waals surface area contributed by atoms with E-state index in [9.17, 15) is 9.59 Å². The van der Waals surface area contributed by atoms with Gasteiger partial charge in [0.15, 0.2) is 12.3 Å². The van der Waals surface area contributed by atoms with Crippen LogP contribution in [0.4, 0.5) is 5.69 Å². The molecule has 26 heavy (non-hydrogen) atoms. The molecule has 2 amide bonds. The van der Waals surface area contributed by atoms with Crippen molar-refractivity contribution in [1.29, 1.82) is 0 Å². The number of carbonyl (C=O) groups excluding carboxylic acids is 2. The van der Waals surface area contributed by atoms with Crippen molar-refractivity contribution in [3.63, 3.8) is 0 Å². The second-order valence-electron chi connectivity index (χ2n) is 5.51. The molecule has 0 atom stereocenters. The molecule has 0 fully saturated rings. The molecule has 0 unspecified atom stereocenters. The summed E-state index contributed by atoms with van der Waals surface area (Å²) in [4.78, 5) is 38.6. The number of aromatic nitrogens is 4. The second kappa shape index (κ2) is 7.00. The first-order valence-corrected chi connectivity index (χ1v) is 8.77. The number of imidazole rings is 1. The predicted octanol–water partition coefficient (Wildman–Crippen LogP) is 1.09. The number of hydrogen-bond donors (Lipinski definition) is 3. The fourth-order valence-electron chi connectivity index (χ4n) is 2.47. The van der Waals surface area contributed by atoms with Crippen LogP contribution in [0.5, 0.6) is 5.75 Å². The molecule has 1 aromatic carbocycles. The lowest BCUT2D eigenvalue weighted by Crippen LogP contribution is -2.26. The van der Waals surface area contributed by atoms with Crippen molar-refractivity contribution in [3.05, 3.63) is 36.4 Å². The molecule has 3 aromatic rings. The summed E-state index contributed by atoms with van der Waals surface area (Å²) in [5, 5.41) is 6.26. The summed E-state index contributed by atoms with van der Waals surface area (Å²) in [7, 11) is 0. The van der Waals surface area contributed by atoms with Crippen molar-refractivity contribution in [2.75, 3.05) is 17.7 Å². The number of amides is 2. The molecule has 3 heterocycles. The number of carbonyl (C=O) groups is 2. The summed E-state index contributed by atoms with van der Waals surface area (Å²) in [5.74, 6) is 0.538. The summed E-state index contributed by atoms with van der Waals surface area (Å²) < 4.78 is 5.37. The minimum atomic E-state index is -0.174. The van der Waals surface area contributed by atoms with Crippen LogP contribution in [0.3, 0.4) is 0 Å². The van der Waals surface area contributed by atoms with Crippen LogP contribution in [0.15, 0.2) is 35.9 Å². The highest BCUT2D eigenvalue weighted by atomic mass is 32.2. The van der Waals surface area contributed by atoms with Crippen LogP contribution >= 0.6 is 11.8 Å². The Morgan fingerprint density at radius 1 is 1.31 bits per heavy atom. The molecular weight excluding hydrogens is 356 g/mol. The van der Waals surface area contributed by atoms with Gasteiger partial charge in [0.05, 0.1) is 17.8 Å². The van der Waals surface area contributed by atoms with E-state index < -0.39 is 0 Å². The number of thioether (sulfide) groups is 1. The van der Waals surface area contributed by atoms with E-state index in [-0.39, 0.29) is 24.2 Å². The van der Waals surface area contributed by atoms with Gasteiger partial charge in [-0.25, -0.2) is 15.0 Å². The number of anilines is 1. The fourth-order valence-corrected chi connectivity index (χ4v) is 3.25. The molecule has 0 spiro atoms. The van der Waals surface area contributed by atoms with Crippen molar-refractivity contribution in [3.8, 4) is 5.75 Å². The van der Waals surface area contributed by atoms with E-state index in [4.69, 9.17) is 4.74 Å². The van der Waals surface area contributed by atoms with E-state index in [2.05, 4.69) is 30.6 Å². The van der Waals surface area contributed by atoms with Gasteiger partial charge in [-0.2, -0.15) is 0 Å². The number of H-pyrrole nitrogens is 1. The molecule has 0 radical (unpaired) electrons. The average molecular weight is 370 g/mol. The molecule has 0 saturated carbocycles. The first kappa shape index (κ1) is 16.3. The smallest absolute Gasteiger partial charge is 0.262 e. The third kappa shape index (κ3) is 3.45. The molecule has 9 nitrogen and oxygen atoms in total. The number of hydrogen-bond acceptors (Lipinski definition) is 7. The van der Waals surface area contributed by atoms with Crippen molar-refractivity contribution >= 4 is 40.4 Å². The molecule has 0 bridgehead atoms. The van der Waals surface area contributed by atoms with Gasteiger partial charge < -0.3 is 20.4 Å². The Kier molecular flexibility index (Phi) is 4.40. The van der Waals surface area contributed by atoms with Gasteiger partial charge >= 0.3 is 0 Å². The van der Waals surface area contributed by atoms with Gasteiger partial charge in [0, 0.05) is 6.54 Å². The molecule has 0 aliphatic carbocycles. The summed E-state index contributed by atoms with van der Waals surface area (Å²) in [5.41, 5.74) is 2.82. The standard InChI is InChI=1S/C16H14N6O3S/c23-12-5-25-11-3-9(1-2-10(11)22-12)4-17-13(24)6-26-16-14-15(19-7-18-14)20-8-21-16/h1-3,7-8H,4-6H2,(H,17,24)(H,22,23)(H,18,19,20,21). The summed E-state index contributed by atoms with van der Waals surface area (Å²) in [6.07, 6.45) is 2.97. The van der Waals surface area contributed by atoms with Crippen molar-refractivity contribution in [2.45, 2.75) is 11.6 Å². The maximum Gasteiger partial charge on any atom is 0.262 e. The van der Waals surface area contributed by atoms with Gasteiger partial charge in [0.25, 0.3) is 5.91 Å². The van der Waals surface area contributed by atoms with Gasteiger partial charge in [-0.3, -0.25) is 9.59 Å². The Balaban J connectivity index is 1.33. The zero-order valence-corrected chi connectivity index (χ0v) is 14.3. The van der Waals surface area contributed by atoms with E-state index in [1.54, 1.807) is 18.5 Å². The van der Waals surface area contributed by atoms with Crippen LogP contribution in [-0.4, -0.2) is 44.1 Å². The lowest BCUT2D eigenvalue weighted by Gasteiger charge is -2.18. The van der Waals surface area contributed by atoms with Crippen molar-refractivity contribution in [2.24, 2.45) is 0 Å². The molecule has 0 saturated heterocycles. The van der Waals surface area contributed by atoms with E-state index in [0.717, 1.165) is 11.1 Å². The number of fused-ring (bicyclic) bond motifs is 2. The first-order chi connectivity index (χ1) is 12.7. The Morgan fingerprint density at radius 2 is 2.23 bits per heavy atom. The largest absolute Gasteiger partial charge is 0.482 e. The Bertz CT molecular complexity index is 989. The van der Waals surface area contributed by atoms with Crippen molar-refractivity contribution in [1.82, 2.24) is 25.3 Å². The van der Waals surface area contributed by atoms with Gasteiger partial charge in [0.2, 0.25) is 5.91 Å². The number of rotatable bonds is 5. The van der Waals surface area contributed by atoms with E-state index in [0.29, 0.717) is 28.7 Å². The topological polar surface area (TPSA) is 122 Å². The quantitative estimate of drug-likeness (QED) is 0.454. The normalized spacial score (nSPS) is 13.0. The molecule has 10 heteroatoms. The number of benzene rings is 1. The highest BCUT2D eigenvalue weighted by molar-refractivity contribution is 8.00. The van der Waals surface area contributed by atoms with Crippen LogP contribution in [-0.2, 0) is 16.1 Å². The van der Waals surface area contributed by atoms with E-state index in [1.165, 1.54) is 18.1 Å². The Labute approximate surface area is 152 Å². The molecule has 3 N–H and O–H groups in total. The van der Waals surface area contributed by atoms with Crippen molar-refractivity contribution < 1.29 is 14.3 Å². The number of nitrogens with zero attached hydrogens (tertiary/aromatic N) is 3. The van der Waals surface area contributed by atoms with Crippen LogP contribution in [0.2, 0.25) is 0 Å². The zero-order valence-electron chi connectivity index (χ0n) is 13.5. The van der Waals surface area contributed by atoms with Crippen LogP contribution in [0.1, 0.15) is 5.56 Å². The molecular formula is C16H14N6O3S. The zero-order chi connectivity index (χ0) is 17.9. The van der Waals surface area contributed by atoms with Gasteiger partial charge in [-0.05, 0) is 17.7 Å². The average Bonchev–Trinajstić information content (AvgIpc) is 3.14. The lowest BCUT2D eigenvalue weighted by atomic mass is 10.1. The third-order valence-electron chi connectivity index (χ3n) is 3.70. The minimum Gasteiger partial charge on any atom is -0.482 e. The highest BCUT2D eigenvalue weighted by Crippen LogP contribution is 2.28.